The predicted octanol–water partition coefficient (Wildman–Crippen LogP) is 3.91. The highest BCUT2D eigenvalue weighted by atomic mass is 32.1. The highest BCUT2D eigenvalue weighted by Crippen LogP contribution is 2.41. The summed E-state index contributed by atoms with van der Waals surface area (Å²) < 4.78 is 6.43. The Morgan fingerprint density at radius 1 is 1.41 bits per heavy atom. The maximum atomic E-state index is 13.1. The molecule has 2 atom stereocenters. The summed E-state index contributed by atoms with van der Waals surface area (Å²) >= 11 is 1.58. The van der Waals surface area contributed by atoms with Crippen LogP contribution in [-0.4, -0.2) is 27.6 Å². The lowest BCUT2D eigenvalue weighted by molar-refractivity contribution is -0.147. The number of carbonyl (C=O) groups excluding carboxylic acids is 1. The molecular weight excluding hydrogens is 362 g/mol. The third kappa shape index (κ3) is 3.93. The summed E-state index contributed by atoms with van der Waals surface area (Å²) in [5.41, 5.74) is 1.12. The van der Waals surface area contributed by atoms with Crippen LogP contribution in [0.15, 0.2) is 4.79 Å². The zero-order chi connectivity index (χ0) is 19.8. The number of aryl methyl sites for hydroxylation is 1. The molecule has 0 unspecified atom stereocenters. The maximum Gasteiger partial charge on any atom is 0.330 e. The number of unbranched alkanes of at least 4 members (excludes halogenated alkanes) is 1. The number of hydrogen-bond acceptors (Lipinski definition) is 6. The van der Waals surface area contributed by atoms with Gasteiger partial charge in [-0.2, -0.15) is 4.68 Å². The standard InChI is InChI=1S/C20H29N3O3S/c1-6-7-10-26-19(25)12(2)23-18(24)16-14-9-8-13(20(3,4)5)11-15(14)27-17(16)21-22-23/h12-13H,6-11H2,1-5H3/t12-,13+/m0/s1. The second-order valence-corrected chi connectivity index (χ2v) is 9.61. The number of nitrogens with zero attached hydrogens (tertiary/aromatic N) is 3. The Morgan fingerprint density at radius 2 is 2.15 bits per heavy atom. The Hall–Kier alpha value is -1.76. The molecule has 2 aromatic rings. The van der Waals surface area contributed by atoms with E-state index in [1.165, 1.54) is 9.56 Å². The molecule has 0 N–H and O–H groups in total. The zero-order valence-electron chi connectivity index (χ0n) is 16.9. The zero-order valence-corrected chi connectivity index (χ0v) is 17.7. The van der Waals surface area contributed by atoms with Crippen molar-refractivity contribution in [2.75, 3.05) is 6.61 Å². The number of fused-ring (bicyclic) bond motifs is 3. The summed E-state index contributed by atoms with van der Waals surface area (Å²) in [7, 11) is 0. The van der Waals surface area contributed by atoms with Crippen LogP contribution in [0.2, 0.25) is 0 Å². The Morgan fingerprint density at radius 3 is 2.81 bits per heavy atom. The van der Waals surface area contributed by atoms with Gasteiger partial charge in [-0.3, -0.25) is 4.79 Å². The number of rotatable bonds is 5. The fraction of sp³-hybridized carbons (Fsp3) is 0.700. The van der Waals surface area contributed by atoms with E-state index in [1.807, 2.05) is 6.92 Å². The summed E-state index contributed by atoms with van der Waals surface area (Å²) in [6, 6.07) is -0.771. The van der Waals surface area contributed by atoms with Crippen LogP contribution in [0.3, 0.4) is 0 Å². The summed E-state index contributed by atoms with van der Waals surface area (Å²) in [5, 5.41) is 8.93. The average Bonchev–Trinajstić information content (AvgIpc) is 2.99. The van der Waals surface area contributed by atoms with E-state index < -0.39 is 12.0 Å². The second kappa shape index (κ2) is 7.70. The number of ether oxygens (including phenoxy) is 1. The normalized spacial score (nSPS) is 18.3. The fourth-order valence-electron chi connectivity index (χ4n) is 3.64. The third-order valence-corrected chi connectivity index (χ3v) is 6.71. The van der Waals surface area contributed by atoms with Gasteiger partial charge in [-0.05, 0) is 49.5 Å². The van der Waals surface area contributed by atoms with E-state index >= 15 is 0 Å². The van der Waals surface area contributed by atoms with Crippen molar-refractivity contribution in [3.8, 4) is 0 Å². The van der Waals surface area contributed by atoms with Crippen molar-refractivity contribution in [2.24, 2.45) is 11.3 Å². The monoisotopic (exact) mass is 391 g/mol. The van der Waals surface area contributed by atoms with Crippen molar-refractivity contribution in [3.05, 3.63) is 20.8 Å². The highest BCUT2D eigenvalue weighted by molar-refractivity contribution is 7.18. The number of hydrogen-bond donors (Lipinski definition) is 0. The molecule has 0 spiro atoms. The number of carbonyl (C=O) groups is 1. The van der Waals surface area contributed by atoms with Gasteiger partial charge in [0.05, 0.1) is 12.0 Å². The van der Waals surface area contributed by atoms with E-state index in [0.717, 1.165) is 37.7 Å². The molecule has 6 nitrogen and oxygen atoms in total. The second-order valence-electron chi connectivity index (χ2n) is 8.53. The van der Waals surface area contributed by atoms with Gasteiger partial charge in [0, 0.05) is 4.88 Å². The van der Waals surface area contributed by atoms with Crippen LogP contribution in [0.4, 0.5) is 0 Å². The van der Waals surface area contributed by atoms with Crippen LogP contribution in [0, 0.1) is 11.3 Å². The van der Waals surface area contributed by atoms with Gasteiger partial charge in [0.1, 0.15) is 0 Å². The lowest BCUT2D eigenvalue weighted by Crippen LogP contribution is -2.33. The molecule has 0 saturated carbocycles. The molecule has 1 aliphatic carbocycles. The fourth-order valence-corrected chi connectivity index (χ4v) is 4.87. The van der Waals surface area contributed by atoms with Crippen molar-refractivity contribution in [1.82, 2.24) is 15.0 Å². The van der Waals surface area contributed by atoms with E-state index in [4.69, 9.17) is 4.74 Å². The van der Waals surface area contributed by atoms with Gasteiger partial charge in [0.15, 0.2) is 10.9 Å². The van der Waals surface area contributed by atoms with Crippen molar-refractivity contribution in [1.29, 1.82) is 0 Å². The molecule has 0 radical (unpaired) electrons. The smallest absolute Gasteiger partial charge is 0.330 e. The molecule has 0 saturated heterocycles. The van der Waals surface area contributed by atoms with Gasteiger partial charge in [0.25, 0.3) is 5.56 Å². The number of esters is 1. The molecule has 1 aliphatic rings. The summed E-state index contributed by atoms with van der Waals surface area (Å²) in [4.78, 5) is 27.2. The van der Waals surface area contributed by atoms with Crippen LogP contribution in [0.1, 0.15) is 70.4 Å². The first-order chi connectivity index (χ1) is 12.7. The summed E-state index contributed by atoms with van der Waals surface area (Å²) in [6.45, 7) is 10.9. The molecule has 0 aromatic carbocycles. The van der Waals surface area contributed by atoms with Crippen LogP contribution < -0.4 is 5.56 Å². The molecule has 0 aliphatic heterocycles. The topological polar surface area (TPSA) is 74.1 Å². The molecule has 3 rings (SSSR count). The minimum atomic E-state index is -0.771. The Bertz CT molecular complexity index is 894. The molecule has 2 aromatic heterocycles. The SMILES string of the molecule is CCCCOC(=O)[C@H](C)n1nnc2sc3c(c2c1=O)CC[C@@H](C(C)(C)C)C3. The van der Waals surface area contributed by atoms with Gasteiger partial charge in [0.2, 0.25) is 0 Å². The van der Waals surface area contributed by atoms with E-state index in [-0.39, 0.29) is 11.0 Å². The van der Waals surface area contributed by atoms with Crippen molar-refractivity contribution in [2.45, 2.75) is 72.8 Å². The molecule has 2 heterocycles. The number of thiophene rings is 1. The summed E-state index contributed by atoms with van der Waals surface area (Å²) in [6.07, 6.45) is 4.69. The Kier molecular flexibility index (Phi) is 5.70. The van der Waals surface area contributed by atoms with Gasteiger partial charge >= 0.3 is 5.97 Å². The first kappa shape index (κ1) is 20.0. The van der Waals surface area contributed by atoms with Crippen molar-refractivity contribution in [3.63, 3.8) is 0 Å². The quantitative estimate of drug-likeness (QED) is 0.571. The Labute approximate surface area is 163 Å². The molecule has 27 heavy (non-hydrogen) atoms. The molecular formula is C20H29N3O3S. The number of aromatic nitrogens is 3. The van der Waals surface area contributed by atoms with Crippen molar-refractivity contribution < 1.29 is 9.53 Å². The minimum Gasteiger partial charge on any atom is -0.464 e. The van der Waals surface area contributed by atoms with E-state index in [1.54, 1.807) is 18.3 Å². The molecule has 148 valence electrons. The molecule has 0 amide bonds. The lowest BCUT2D eigenvalue weighted by atomic mass is 9.72. The van der Waals surface area contributed by atoms with Gasteiger partial charge in [-0.25, -0.2) is 4.79 Å². The van der Waals surface area contributed by atoms with E-state index in [2.05, 4.69) is 31.1 Å². The van der Waals surface area contributed by atoms with Gasteiger partial charge < -0.3 is 4.74 Å². The van der Waals surface area contributed by atoms with Crippen LogP contribution in [-0.2, 0) is 22.4 Å². The van der Waals surface area contributed by atoms with Gasteiger partial charge in [-0.15, -0.1) is 16.4 Å². The minimum absolute atomic E-state index is 0.230. The van der Waals surface area contributed by atoms with E-state index in [9.17, 15) is 9.59 Å². The molecule has 0 bridgehead atoms. The van der Waals surface area contributed by atoms with E-state index in [0.29, 0.717) is 22.7 Å². The third-order valence-electron chi connectivity index (χ3n) is 5.58. The Balaban J connectivity index is 1.92. The first-order valence-electron chi connectivity index (χ1n) is 9.80. The van der Waals surface area contributed by atoms with Crippen molar-refractivity contribution >= 4 is 27.5 Å². The first-order valence-corrected chi connectivity index (χ1v) is 10.6. The lowest BCUT2D eigenvalue weighted by Gasteiger charge is -2.33. The summed E-state index contributed by atoms with van der Waals surface area (Å²) in [5.74, 6) is 0.164. The van der Waals surface area contributed by atoms with Crippen LogP contribution in [0.5, 0.6) is 0 Å². The average molecular weight is 392 g/mol. The van der Waals surface area contributed by atoms with Crippen LogP contribution in [0.25, 0.3) is 10.2 Å². The highest BCUT2D eigenvalue weighted by Gasteiger charge is 2.32. The largest absolute Gasteiger partial charge is 0.464 e. The predicted molar refractivity (Wildman–Crippen MR) is 107 cm³/mol. The maximum absolute atomic E-state index is 13.1. The van der Waals surface area contributed by atoms with Crippen LogP contribution >= 0.6 is 11.3 Å². The molecule has 0 fully saturated rings. The molecule has 7 heteroatoms. The van der Waals surface area contributed by atoms with Gasteiger partial charge in [-0.1, -0.05) is 39.3 Å².